The maximum atomic E-state index is 5.92. The smallest absolute Gasteiger partial charge is 0.166 e. The van der Waals surface area contributed by atoms with Crippen molar-refractivity contribution in [1.29, 1.82) is 0 Å². The monoisotopic (exact) mass is 339 g/mol. The fraction of sp³-hybridized carbons (Fsp3) is 0.222. The van der Waals surface area contributed by atoms with E-state index in [1.807, 2.05) is 24.3 Å². The Morgan fingerprint density at radius 1 is 1.16 bits per heavy atom. The van der Waals surface area contributed by atoms with Gasteiger partial charge in [-0.05, 0) is 18.2 Å². The van der Waals surface area contributed by atoms with Gasteiger partial charge in [-0.2, -0.15) is 0 Å². The van der Waals surface area contributed by atoms with Gasteiger partial charge >= 0.3 is 0 Å². The molecule has 0 fully saturated rings. The van der Waals surface area contributed by atoms with Crippen LogP contribution in [0.5, 0.6) is 23.0 Å². The average Bonchev–Trinajstić information content (AvgIpc) is 2.66. The van der Waals surface area contributed by atoms with Crippen LogP contribution >= 0.6 is 0 Å². The van der Waals surface area contributed by atoms with E-state index in [4.69, 9.17) is 24.7 Å². The van der Waals surface area contributed by atoms with Crippen LogP contribution < -0.4 is 24.7 Å². The van der Waals surface area contributed by atoms with E-state index in [1.165, 1.54) is 6.33 Å². The van der Waals surface area contributed by atoms with Gasteiger partial charge in [0.05, 0.1) is 12.6 Å². The van der Waals surface area contributed by atoms with E-state index >= 15 is 0 Å². The van der Waals surface area contributed by atoms with Crippen molar-refractivity contribution in [2.75, 3.05) is 26.1 Å². The molecule has 2 heterocycles. The third-order valence-corrected chi connectivity index (χ3v) is 3.94. The molecule has 0 radical (unpaired) electrons. The van der Waals surface area contributed by atoms with Crippen molar-refractivity contribution in [2.45, 2.75) is 6.10 Å². The second kappa shape index (κ2) is 6.35. The van der Waals surface area contributed by atoms with E-state index in [9.17, 15) is 0 Å². The summed E-state index contributed by atoms with van der Waals surface area (Å²) in [5, 5.41) is 0.712. The number of nitrogens with zero attached hydrogens (tertiary/aromatic N) is 2. The van der Waals surface area contributed by atoms with Gasteiger partial charge in [-0.15, -0.1) is 0 Å². The number of nitrogens with two attached hydrogens (primary N) is 1. The summed E-state index contributed by atoms with van der Waals surface area (Å²) in [6.07, 6.45) is 1.20. The first kappa shape index (κ1) is 15.3. The van der Waals surface area contributed by atoms with Gasteiger partial charge in [-0.3, -0.25) is 0 Å². The van der Waals surface area contributed by atoms with Crippen LogP contribution in [0.3, 0.4) is 0 Å². The second-order valence-corrected chi connectivity index (χ2v) is 5.59. The van der Waals surface area contributed by atoms with Crippen molar-refractivity contribution in [3.05, 3.63) is 42.7 Å². The quantitative estimate of drug-likeness (QED) is 0.781. The van der Waals surface area contributed by atoms with Crippen molar-refractivity contribution >= 4 is 16.7 Å². The maximum absolute atomic E-state index is 5.92. The molecule has 0 spiro atoms. The molecule has 25 heavy (non-hydrogen) atoms. The number of hydrogen-bond donors (Lipinski definition) is 1. The first-order chi connectivity index (χ1) is 12.2. The minimum Gasteiger partial charge on any atom is -0.493 e. The minimum absolute atomic E-state index is 0.223. The lowest BCUT2D eigenvalue weighted by Gasteiger charge is -2.26. The summed E-state index contributed by atoms with van der Waals surface area (Å²) in [6, 6.07) is 11.1. The molecule has 128 valence electrons. The molecule has 0 saturated heterocycles. The fourth-order valence-electron chi connectivity index (χ4n) is 2.68. The zero-order chi connectivity index (χ0) is 17.2. The van der Waals surface area contributed by atoms with Gasteiger partial charge in [-0.25, -0.2) is 9.97 Å². The standard InChI is InChI=1S/C18H17N3O4/c1-22-16-7-13-12(18(19)21-10-20-13)6-17(16)24-9-11-8-23-14-4-2-3-5-15(14)25-11/h2-7,10-11H,8-9H2,1H3,(H2,19,20,21). The van der Waals surface area contributed by atoms with Crippen LogP contribution in [0.1, 0.15) is 0 Å². The summed E-state index contributed by atoms with van der Waals surface area (Å²) in [4.78, 5) is 8.20. The van der Waals surface area contributed by atoms with Crippen molar-refractivity contribution in [3.63, 3.8) is 0 Å². The number of ether oxygens (including phenoxy) is 4. The van der Waals surface area contributed by atoms with Crippen LogP contribution in [0.2, 0.25) is 0 Å². The first-order valence-electron chi connectivity index (χ1n) is 7.84. The van der Waals surface area contributed by atoms with E-state index in [2.05, 4.69) is 9.97 Å². The molecule has 1 unspecified atom stereocenters. The highest BCUT2D eigenvalue weighted by Gasteiger charge is 2.22. The number of nitrogen functional groups attached to an aromatic ring is 1. The molecular formula is C18H17N3O4. The molecule has 0 saturated carbocycles. The van der Waals surface area contributed by atoms with E-state index in [1.54, 1.807) is 19.2 Å². The zero-order valence-electron chi connectivity index (χ0n) is 13.6. The molecule has 0 aliphatic carbocycles. The molecule has 2 N–H and O–H groups in total. The molecule has 1 aromatic heterocycles. The summed E-state index contributed by atoms with van der Waals surface area (Å²) in [6.45, 7) is 0.724. The van der Waals surface area contributed by atoms with Gasteiger partial charge in [-0.1, -0.05) is 12.1 Å². The Hall–Kier alpha value is -3.22. The molecule has 1 aliphatic heterocycles. The largest absolute Gasteiger partial charge is 0.493 e. The van der Waals surface area contributed by atoms with E-state index in [0.717, 1.165) is 5.75 Å². The maximum Gasteiger partial charge on any atom is 0.166 e. The summed E-state index contributed by atoms with van der Waals surface area (Å²) >= 11 is 0. The van der Waals surface area contributed by atoms with Crippen LogP contribution in [0, 0.1) is 0 Å². The normalized spacial score (nSPS) is 15.8. The third-order valence-electron chi connectivity index (χ3n) is 3.94. The lowest BCUT2D eigenvalue weighted by atomic mass is 10.2. The molecule has 0 amide bonds. The number of benzene rings is 2. The van der Waals surface area contributed by atoms with Crippen molar-refractivity contribution in [2.24, 2.45) is 0 Å². The van der Waals surface area contributed by atoms with Crippen LogP contribution in [-0.2, 0) is 0 Å². The molecule has 7 nitrogen and oxygen atoms in total. The Balaban J connectivity index is 1.54. The average molecular weight is 339 g/mol. The number of fused-ring (bicyclic) bond motifs is 2. The van der Waals surface area contributed by atoms with E-state index < -0.39 is 0 Å². The van der Waals surface area contributed by atoms with Crippen LogP contribution in [-0.4, -0.2) is 36.4 Å². The highest BCUT2D eigenvalue weighted by Crippen LogP contribution is 2.34. The van der Waals surface area contributed by atoms with Crippen LogP contribution in [0.25, 0.3) is 10.9 Å². The Bertz CT molecular complexity index is 916. The number of methoxy groups -OCH3 is 1. The molecule has 2 aromatic carbocycles. The molecule has 3 aromatic rings. The van der Waals surface area contributed by atoms with Gasteiger partial charge in [0.1, 0.15) is 25.4 Å². The summed E-state index contributed by atoms with van der Waals surface area (Å²) in [7, 11) is 1.58. The minimum atomic E-state index is -0.223. The lowest BCUT2D eigenvalue weighted by Crippen LogP contribution is -2.34. The number of aromatic nitrogens is 2. The number of rotatable bonds is 4. The Labute approximate surface area is 144 Å². The van der Waals surface area contributed by atoms with E-state index in [-0.39, 0.29) is 6.10 Å². The highest BCUT2D eigenvalue weighted by atomic mass is 16.6. The van der Waals surface area contributed by atoms with Gasteiger partial charge in [0.15, 0.2) is 29.1 Å². The fourth-order valence-corrected chi connectivity index (χ4v) is 2.68. The van der Waals surface area contributed by atoms with Crippen molar-refractivity contribution in [3.8, 4) is 23.0 Å². The predicted molar refractivity (Wildman–Crippen MR) is 92.4 cm³/mol. The predicted octanol–water partition coefficient (Wildman–Crippen LogP) is 2.44. The van der Waals surface area contributed by atoms with Gasteiger partial charge in [0.2, 0.25) is 0 Å². The summed E-state index contributed by atoms with van der Waals surface area (Å²) in [5.41, 5.74) is 6.61. The first-order valence-corrected chi connectivity index (χ1v) is 7.84. The van der Waals surface area contributed by atoms with Gasteiger partial charge in [0, 0.05) is 11.5 Å². The molecule has 7 heteroatoms. The Morgan fingerprint density at radius 2 is 2.00 bits per heavy atom. The number of anilines is 1. The zero-order valence-corrected chi connectivity index (χ0v) is 13.6. The SMILES string of the molecule is COc1cc2ncnc(N)c2cc1OCC1COc2ccccc2O1. The molecular weight excluding hydrogens is 322 g/mol. The highest BCUT2D eigenvalue weighted by molar-refractivity contribution is 5.90. The van der Waals surface area contributed by atoms with E-state index in [0.29, 0.717) is 47.2 Å². The Morgan fingerprint density at radius 3 is 2.84 bits per heavy atom. The van der Waals surface area contributed by atoms with Crippen molar-refractivity contribution < 1.29 is 18.9 Å². The topological polar surface area (TPSA) is 88.7 Å². The Kier molecular flexibility index (Phi) is 3.89. The molecule has 0 bridgehead atoms. The molecule has 1 aliphatic rings. The third kappa shape index (κ3) is 2.96. The molecule has 4 rings (SSSR count). The lowest BCUT2D eigenvalue weighted by molar-refractivity contribution is 0.0528. The summed E-state index contributed by atoms with van der Waals surface area (Å²) < 4.78 is 22.9. The van der Waals surface area contributed by atoms with Crippen LogP contribution in [0.15, 0.2) is 42.7 Å². The van der Waals surface area contributed by atoms with Crippen molar-refractivity contribution in [1.82, 2.24) is 9.97 Å². The number of para-hydroxylation sites is 2. The second-order valence-electron chi connectivity index (χ2n) is 5.59. The van der Waals surface area contributed by atoms with Gasteiger partial charge in [0.25, 0.3) is 0 Å². The molecule has 1 atom stereocenters. The summed E-state index contributed by atoms with van der Waals surface area (Å²) in [5.74, 6) is 2.97. The van der Waals surface area contributed by atoms with Gasteiger partial charge < -0.3 is 24.7 Å². The van der Waals surface area contributed by atoms with Crippen LogP contribution in [0.4, 0.5) is 5.82 Å². The number of hydrogen-bond acceptors (Lipinski definition) is 7.